The lowest BCUT2D eigenvalue weighted by Gasteiger charge is -2.38. The number of hydrogen-bond acceptors (Lipinski definition) is 6. The molecule has 9 nitrogen and oxygen atoms in total. The number of allylic oxidation sites excluding steroid dienone is 2. The predicted octanol–water partition coefficient (Wildman–Crippen LogP) is 5.02. The quantitative estimate of drug-likeness (QED) is 0.269. The normalized spacial score (nSPS) is 27.2. The molecular formula is C32H50N6O3. The van der Waals surface area contributed by atoms with Crippen LogP contribution in [0.2, 0.25) is 0 Å². The van der Waals surface area contributed by atoms with Crippen LogP contribution >= 0.6 is 0 Å². The zero-order chi connectivity index (χ0) is 28.9. The first kappa shape index (κ1) is 29.7. The molecule has 3 unspecified atom stereocenters. The SMILES string of the molecule is CC1CCC(Cn2c(N3CCOCC3C3=CCCC=C3)nc(N)c2C(=NCC(C)C(=O)O)NC(C)C2CCC2)CC1. The Labute approximate surface area is 245 Å². The Morgan fingerprint density at radius 3 is 2.66 bits per heavy atom. The molecule has 41 heavy (non-hydrogen) atoms. The summed E-state index contributed by atoms with van der Waals surface area (Å²) in [6.45, 7) is 9.28. The molecule has 3 atom stereocenters. The summed E-state index contributed by atoms with van der Waals surface area (Å²) < 4.78 is 8.29. The number of nitrogens with zero attached hydrogens (tertiary/aromatic N) is 4. The first-order valence-corrected chi connectivity index (χ1v) is 15.9. The Morgan fingerprint density at radius 2 is 2.00 bits per heavy atom. The Morgan fingerprint density at radius 1 is 1.22 bits per heavy atom. The highest BCUT2D eigenvalue weighted by Crippen LogP contribution is 2.35. The average Bonchev–Trinajstić information content (AvgIpc) is 3.26. The predicted molar refractivity (Wildman–Crippen MR) is 164 cm³/mol. The first-order chi connectivity index (χ1) is 19.8. The van der Waals surface area contributed by atoms with Crippen molar-refractivity contribution in [3.8, 4) is 0 Å². The van der Waals surface area contributed by atoms with Crippen molar-refractivity contribution in [1.29, 1.82) is 0 Å². The molecular weight excluding hydrogens is 516 g/mol. The zero-order valence-corrected chi connectivity index (χ0v) is 25.2. The standard InChI is InChI=1S/C32H50N6O3/c1-21-12-14-24(15-13-21)19-38-28(30(34-18-22(2)31(39)40)35-23(3)25-10-7-11-25)29(33)36-32(38)37-16-17-41-20-27(37)26-8-5-4-6-9-26/h5,8-9,21-25,27H,4,6-7,10-20,33H2,1-3H3,(H,34,35)(H,39,40). The molecule has 3 aliphatic carbocycles. The second-order valence-electron chi connectivity index (χ2n) is 12.9. The van der Waals surface area contributed by atoms with Gasteiger partial charge in [-0.1, -0.05) is 51.3 Å². The Hall–Kier alpha value is -2.81. The van der Waals surface area contributed by atoms with E-state index in [1.807, 2.05) is 0 Å². The second kappa shape index (κ2) is 13.4. The summed E-state index contributed by atoms with van der Waals surface area (Å²) in [7, 11) is 0. The molecule has 0 spiro atoms. The number of hydrogen-bond donors (Lipinski definition) is 3. The highest BCUT2D eigenvalue weighted by molar-refractivity contribution is 6.02. The summed E-state index contributed by atoms with van der Waals surface area (Å²) in [4.78, 5) is 24.0. The number of aromatic nitrogens is 2. The molecule has 0 amide bonds. The Balaban J connectivity index is 1.55. The number of amidine groups is 1. The Bertz CT molecular complexity index is 1140. The molecule has 5 rings (SSSR count). The molecule has 1 aliphatic heterocycles. The number of carbonyl (C=O) groups is 1. The number of carboxylic acids is 1. The number of nitrogen functional groups attached to an aromatic ring is 1. The van der Waals surface area contributed by atoms with Crippen molar-refractivity contribution >= 4 is 23.6 Å². The minimum absolute atomic E-state index is 0.0781. The third kappa shape index (κ3) is 6.99. The average molecular weight is 567 g/mol. The van der Waals surface area contributed by atoms with E-state index in [9.17, 15) is 9.90 Å². The molecule has 226 valence electrons. The summed E-state index contributed by atoms with van der Waals surface area (Å²) in [6.07, 6.45) is 17.4. The minimum atomic E-state index is -0.844. The van der Waals surface area contributed by atoms with Crippen LogP contribution in [0.3, 0.4) is 0 Å². The van der Waals surface area contributed by atoms with E-state index in [2.05, 4.69) is 46.9 Å². The van der Waals surface area contributed by atoms with Crippen LogP contribution in [0.5, 0.6) is 0 Å². The highest BCUT2D eigenvalue weighted by Gasteiger charge is 2.34. The summed E-state index contributed by atoms with van der Waals surface area (Å²) in [5.41, 5.74) is 8.89. The van der Waals surface area contributed by atoms with E-state index in [1.54, 1.807) is 6.92 Å². The van der Waals surface area contributed by atoms with Gasteiger partial charge in [0.25, 0.3) is 0 Å². The number of nitrogens with one attached hydrogen (secondary N) is 1. The maximum absolute atomic E-state index is 11.7. The third-order valence-electron chi connectivity index (χ3n) is 9.73. The van der Waals surface area contributed by atoms with Gasteiger partial charge in [-0.05, 0) is 68.8 Å². The smallest absolute Gasteiger partial charge is 0.308 e. The van der Waals surface area contributed by atoms with E-state index >= 15 is 0 Å². The molecule has 0 bridgehead atoms. The van der Waals surface area contributed by atoms with Gasteiger partial charge in [-0.2, -0.15) is 4.98 Å². The third-order valence-corrected chi connectivity index (χ3v) is 9.73. The largest absolute Gasteiger partial charge is 0.481 e. The lowest BCUT2D eigenvalue weighted by atomic mass is 9.80. The number of nitrogens with two attached hydrogens (primary N) is 1. The van der Waals surface area contributed by atoms with E-state index in [1.165, 1.54) is 50.5 Å². The number of aliphatic imine (C=N–C) groups is 1. The minimum Gasteiger partial charge on any atom is -0.481 e. The summed E-state index contributed by atoms with van der Waals surface area (Å²) in [6, 6.07) is 0.299. The van der Waals surface area contributed by atoms with Crippen molar-refractivity contribution in [2.75, 3.05) is 36.9 Å². The van der Waals surface area contributed by atoms with E-state index < -0.39 is 11.9 Å². The van der Waals surface area contributed by atoms with Crippen molar-refractivity contribution in [2.24, 2.45) is 28.7 Å². The van der Waals surface area contributed by atoms with E-state index in [4.69, 9.17) is 20.4 Å². The van der Waals surface area contributed by atoms with Crippen LogP contribution in [0.15, 0.2) is 28.8 Å². The van der Waals surface area contributed by atoms with Crippen LogP contribution < -0.4 is 16.0 Å². The van der Waals surface area contributed by atoms with Crippen molar-refractivity contribution < 1.29 is 14.6 Å². The number of carboxylic acid groups (broad SMARTS) is 1. The van der Waals surface area contributed by atoms with Gasteiger partial charge in [0.1, 0.15) is 11.5 Å². The van der Waals surface area contributed by atoms with Crippen molar-refractivity contribution in [3.05, 3.63) is 29.5 Å². The van der Waals surface area contributed by atoms with Gasteiger partial charge in [0.15, 0.2) is 5.82 Å². The second-order valence-corrected chi connectivity index (χ2v) is 12.9. The van der Waals surface area contributed by atoms with Gasteiger partial charge in [-0.15, -0.1) is 0 Å². The molecule has 1 saturated heterocycles. The molecule has 2 heterocycles. The molecule has 9 heteroatoms. The monoisotopic (exact) mass is 566 g/mol. The molecule has 0 aromatic carbocycles. The number of morpholine rings is 1. The van der Waals surface area contributed by atoms with Crippen LogP contribution in [0.25, 0.3) is 0 Å². The molecule has 1 aromatic rings. The molecule has 1 aromatic heterocycles. The maximum atomic E-state index is 11.7. The van der Waals surface area contributed by atoms with Crippen LogP contribution in [0.4, 0.5) is 11.8 Å². The van der Waals surface area contributed by atoms with Gasteiger partial charge < -0.3 is 30.4 Å². The fourth-order valence-electron chi connectivity index (χ4n) is 6.64. The van der Waals surface area contributed by atoms with Crippen LogP contribution in [0, 0.1) is 23.7 Å². The van der Waals surface area contributed by atoms with Gasteiger partial charge >= 0.3 is 5.97 Å². The summed E-state index contributed by atoms with van der Waals surface area (Å²) in [5.74, 6) is 2.47. The van der Waals surface area contributed by atoms with Gasteiger partial charge in [0.2, 0.25) is 5.95 Å². The van der Waals surface area contributed by atoms with E-state index in [0.717, 1.165) is 43.5 Å². The fourth-order valence-corrected chi connectivity index (χ4v) is 6.64. The number of rotatable bonds is 10. The lowest BCUT2D eigenvalue weighted by molar-refractivity contribution is -0.140. The van der Waals surface area contributed by atoms with Crippen molar-refractivity contribution in [1.82, 2.24) is 14.9 Å². The van der Waals surface area contributed by atoms with Gasteiger partial charge in [-0.3, -0.25) is 9.79 Å². The van der Waals surface area contributed by atoms with Crippen LogP contribution in [-0.2, 0) is 16.1 Å². The first-order valence-electron chi connectivity index (χ1n) is 15.9. The van der Waals surface area contributed by atoms with Gasteiger partial charge in [0, 0.05) is 19.1 Å². The number of imidazole rings is 1. The number of ether oxygens (including phenoxy) is 1. The summed E-state index contributed by atoms with van der Waals surface area (Å²) in [5, 5.41) is 13.3. The van der Waals surface area contributed by atoms with Crippen molar-refractivity contribution in [3.63, 3.8) is 0 Å². The molecule has 0 radical (unpaired) electrons. The number of aliphatic carboxylic acids is 1. The zero-order valence-electron chi connectivity index (χ0n) is 25.2. The van der Waals surface area contributed by atoms with Gasteiger partial charge in [0.05, 0.1) is 31.7 Å². The molecule has 3 fully saturated rings. The fraction of sp³-hybridized carbons (Fsp3) is 0.719. The summed E-state index contributed by atoms with van der Waals surface area (Å²) >= 11 is 0. The highest BCUT2D eigenvalue weighted by atomic mass is 16.5. The molecule has 4 N–H and O–H groups in total. The lowest BCUT2D eigenvalue weighted by Crippen LogP contribution is -2.48. The topological polar surface area (TPSA) is 118 Å². The van der Waals surface area contributed by atoms with Crippen LogP contribution in [-0.4, -0.2) is 64.8 Å². The van der Waals surface area contributed by atoms with Crippen molar-refractivity contribution in [2.45, 2.75) is 97.2 Å². The molecule has 2 saturated carbocycles. The maximum Gasteiger partial charge on any atom is 0.308 e. The van der Waals surface area contributed by atoms with E-state index in [0.29, 0.717) is 36.7 Å². The Kier molecular flexibility index (Phi) is 9.73. The number of anilines is 2. The van der Waals surface area contributed by atoms with Gasteiger partial charge in [-0.25, -0.2) is 0 Å². The van der Waals surface area contributed by atoms with E-state index in [-0.39, 0.29) is 18.6 Å². The van der Waals surface area contributed by atoms with Crippen LogP contribution in [0.1, 0.15) is 84.3 Å². The molecule has 4 aliphatic rings.